The van der Waals surface area contributed by atoms with Crippen LogP contribution in [0.5, 0.6) is 17.2 Å². The minimum Gasteiger partial charge on any atom is -0.493 e. The molecule has 5 nitrogen and oxygen atoms in total. The van der Waals surface area contributed by atoms with Crippen molar-refractivity contribution in [2.24, 2.45) is 0 Å². The molecule has 0 aromatic heterocycles. The van der Waals surface area contributed by atoms with E-state index in [1.54, 1.807) is 14.2 Å². The minimum absolute atomic E-state index is 0. The molecule has 0 atom stereocenters. The largest absolute Gasteiger partial charge is 0.493 e. The van der Waals surface area contributed by atoms with Gasteiger partial charge in [-0.15, -0.1) is 12.4 Å². The second-order valence-corrected chi connectivity index (χ2v) is 5.33. The number of halogens is 1. The first-order valence-electron chi connectivity index (χ1n) is 8.01. The van der Waals surface area contributed by atoms with E-state index >= 15 is 0 Å². The highest BCUT2D eigenvalue weighted by molar-refractivity contribution is 5.85. The first-order chi connectivity index (χ1) is 11.8. The van der Waals surface area contributed by atoms with Crippen molar-refractivity contribution in [3.05, 3.63) is 53.6 Å². The topological polar surface area (TPSA) is 60.0 Å². The predicted octanol–water partition coefficient (Wildman–Crippen LogP) is 2.83. The van der Waals surface area contributed by atoms with E-state index in [0.29, 0.717) is 6.61 Å². The molecular weight excluding hydrogens is 342 g/mol. The highest BCUT2D eigenvalue weighted by Crippen LogP contribution is 2.27. The maximum absolute atomic E-state index is 8.73. The van der Waals surface area contributed by atoms with Crippen LogP contribution in [-0.2, 0) is 13.0 Å². The Labute approximate surface area is 155 Å². The van der Waals surface area contributed by atoms with Crippen LogP contribution in [0.1, 0.15) is 11.1 Å². The van der Waals surface area contributed by atoms with E-state index in [2.05, 4.69) is 11.4 Å². The van der Waals surface area contributed by atoms with E-state index in [4.69, 9.17) is 19.3 Å². The van der Waals surface area contributed by atoms with Gasteiger partial charge in [-0.2, -0.15) is 0 Å². The van der Waals surface area contributed by atoms with Gasteiger partial charge < -0.3 is 24.6 Å². The van der Waals surface area contributed by atoms with E-state index in [0.717, 1.165) is 36.8 Å². The molecule has 2 aromatic carbocycles. The lowest BCUT2D eigenvalue weighted by Gasteiger charge is -2.10. The van der Waals surface area contributed by atoms with Crippen molar-refractivity contribution in [1.29, 1.82) is 0 Å². The van der Waals surface area contributed by atoms with Crippen LogP contribution in [0.3, 0.4) is 0 Å². The molecule has 0 bridgehead atoms. The van der Waals surface area contributed by atoms with E-state index in [1.165, 1.54) is 11.1 Å². The Hall–Kier alpha value is -1.95. The molecule has 0 aliphatic carbocycles. The fraction of sp³-hybridized carbons (Fsp3) is 0.368. The number of hydrogen-bond acceptors (Lipinski definition) is 5. The van der Waals surface area contributed by atoms with Gasteiger partial charge in [-0.25, -0.2) is 0 Å². The van der Waals surface area contributed by atoms with Gasteiger partial charge >= 0.3 is 0 Å². The Balaban J connectivity index is 0.00000312. The Morgan fingerprint density at radius 1 is 0.920 bits per heavy atom. The van der Waals surface area contributed by atoms with Gasteiger partial charge in [0.1, 0.15) is 12.4 Å². The number of nitrogens with one attached hydrogen (secondary N) is 1. The van der Waals surface area contributed by atoms with E-state index in [9.17, 15) is 0 Å². The lowest BCUT2D eigenvalue weighted by molar-refractivity contribution is 0.201. The standard InChI is InChI=1S/C19H25NO4.ClH/c1-22-18-8-5-15(13-19(18)23-2)9-10-20-14-16-3-6-17(7-4-16)24-12-11-21;/h3-8,13,20-21H,9-12,14H2,1-2H3;1H. The molecule has 138 valence electrons. The number of ether oxygens (including phenoxy) is 3. The number of aliphatic hydroxyl groups is 1. The summed E-state index contributed by atoms with van der Waals surface area (Å²) in [5.41, 5.74) is 2.39. The van der Waals surface area contributed by atoms with E-state index in [1.807, 2.05) is 36.4 Å². The third-order valence-corrected chi connectivity index (χ3v) is 3.65. The Bertz CT molecular complexity index is 619. The third kappa shape index (κ3) is 6.82. The van der Waals surface area contributed by atoms with Crippen molar-refractivity contribution >= 4 is 12.4 Å². The minimum atomic E-state index is 0. The first kappa shape index (κ1) is 21.1. The van der Waals surface area contributed by atoms with Crippen LogP contribution in [0, 0.1) is 0 Å². The maximum Gasteiger partial charge on any atom is 0.160 e. The highest BCUT2D eigenvalue weighted by atomic mass is 35.5. The fourth-order valence-corrected chi connectivity index (χ4v) is 2.37. The van der Waals surface area contributed by atoms with Crippen molar-refractivity contribution in [3.63, 3.8) is 0 Å². The second kappa shape index (κ2) is 11.6. The number of benzene rings is 2. The lowest BCUT2D eigenvalue weighted by atomic mass is 10.1. The third-order valence-electron chi connectivity index (χ3n) is 3.65. The smallest absolute Gasteiger partial charge is 0.160 e. The number of hydrogen-bond donors (Lipinski definition) is 2. The molecule has 0 amide bonds. The fourth-order valence-electron chi connectivity index (χ4n) is 2.37. The molecule has 0 heterocycles. The Kier molecular flexibility index (Phi) is 9.77. The van der Waals surface area contributed by atoms with Gasteiger partial charge in [0.2, 0.25) is 0 Å². The van der Waals surface area contributed by atoms with Crippen molar-refractivity contribution in [1.82, 2.24) is 5.32 Å². The monoisotopic (exact) mass is 367 g/mol. The van der Waals surface area contributed by atoms with Crippen LogP contribution < -0.4 is 19.5 Å². The van der Waals surface area contributed by atoms with Crippen LogP contribution >= 0.6 is 12.4 Å². The van der Waals surface area contributed by atoms with Crippen LogP contribution in [0.2, 0.25) is 0 Å². The normalized spacial score (nSPS) is 10.0. The highest BCUT2D eigenvalue weighted by Gasteiger charge is 2.04. The summed E-state index contributed by atoms with van der Waals surface area (Å²) in [6.07, 6.45) is 0.915. The number of aliphatic hydroxyl groups excluding tert-OH is 1. The van der Waals surface area contributed by atoms with Crippen LogP contribution in [-0.4, -0.2) is 39.1 Å². The van der Waals surface area contributed by atoms with Crippen molar-refractivity contribution in [3.8, 4) is 17.2 Å². The molecule has 2 rings (SSSR count). The van der Waals surface area contributed by atoms with Crippen molar-refractivity contribution in [2.45, 2.75) is 13.0 Å². The number of methoxy groups -OCH3 is 2. The summed E-state index contributed by atoms with van der Waals surface area (Å²) in [5, 5.41) is 12.2. The maximum atomic E-state index is 8.73. The van der Waals surface area contributed by atoms with Crippen LogP contribution in [0.4, 0.5) is 0 Å². The molecule has 0 aliphatic heterocycles. The van der Waals surface area contributed by atoms with Gasteiger partial charge in [0.05, 0.1) is 20.8 Å². The molecule has 0 fully saturated rings. The SMILES string of the molecule is COc1ccc(CCNCc2ccc(OCCO)cc2)cc1OC.Cl. The summed E-state index contributed by atoms with van der Waals surface area (Å²) < 4.78 is 15.9. The predicted molar refractivity (Wildman–Crippen MR) is 101 cm³/mol. The molecule has 6 heteroatoms. The van der Waals surface area contributed by atoms with Gasteiger partial charge in [0.25, 0.3) is 0 Å². The summed E-state index contributed by atoms with van der Waals surface area (Å²) in [6, 6.07) is 13.9. The van der Waals surface area contributed by atoms with Crippen LogP contribution in [0.15, 0.2) is 42.5 Å². The second-order valence-electron chi connectivity index (χ2n) is 5.33. The quantitative estimate of drug-likeness (QED) is 0.632. The summed E-state index contributed by atoms with van der Waals surface area (Å²) in [5.74, 6) is 2.28. The van der Waals surface area contributed by atoms with Gasteiger partial charge in [0, 0.05) is 6.54 Å². The van der Waals surface area contributed by atoms with Gasteiger partial charge in [-0.1, -0.05) is 18.2 Å². The zero-order valence-electron chi connectivity index (χ0n) is 14.7. The molecule has 2 N–H and O–H groups in total. The summed E-state index contributed by atoms with van der Waals surface area (Å²) in [7, 11) is 3.28. The molecule has 2 aromatic rings. The summed E-state index contributed by atoms with van der Waals surface area (Å²) in [6.45, 7) is 2.02. The average Bonchev–Trinajstić information content (AvgIpc) is 2.64. The van der Waals surface area contributed by atoms with Crippen molar-refractivity contribution < 1.29 is 19.3 Å². The first-order valence-corrected chi connectivity index (χ1v) is 8.01. The summed E-state index contributed by atoms with van der Waals surface area (Å²) >= 11 is 0. The average molecular weight is 368 g/mol. The number of rotatable bonds is 10. The van der Waals surface area contributed by atoms with Gasteiger partial charge in [-0.05, 0) is 48.4 Å². The molecule has 25 heavy (non-hydrogen) atoms. The molecule has 0 unspecified atom stereocenters. The molecule has 0 radical (unpaired) electrons. The van der Waals surface area contributed by atoms with E-state index in [-0.39, 0.29) is 19.0 Å². The summed E-state index contributed by atoms with van der Waals surface area (Å²) in [4.78, 5) is 0. The molecule has 0 aliphatic rings. The van der Waals surface area contributed by atoms with Gasteiger partial charge in [0.15, 0.2) is 11.5 Å². The van der Waals surface area contributed by atoms with Crippen molar-refractivity contribution in [2.75, 3.05) is 34.0 Å². The Morgan fingerprint density at radius 2 is 1.60 bits per heavy atom. The lowest BCUT2D eigenvalue weighted by Crippen LogP contribution is -2.16. The van der Waals surface area contributed by atoms with E-state index < -0.39 is 0 Å². The van der Waals surface area contributed by atoms with Gasteiger partial charge in [-0.3, -0.25) is 0 Å². The zero-order valence-corrected chi connectivity index (χ0v) is 15.5. The Morgan fingerprint density at radius 3 is 2.24 bits per heavy atom. The molecule has 0 saturated carbocycles. The molecular formula is C19H26ClNO4. The molecule has 0 saturated heterocycles. The van der Waals surface area contributed by atoms with Crippen LogP contribution in [0.25, 0.3) is 0 Å². The molecule has 0 spiro atoms. The zero-order chi connectivity index (χ0) is 17.2.